The molecule has 0 aliphatic heterocycles. The van der Waals surface area contributed by atoms with Crippen molar-refractivity contribution in [2.24, 2.45) is 0 Å². The van der Waals surface area contributed by atoms with E-state index in [0.29, 0.717) is 0 Å². The van der Waals surface area contributed by atoms with Crippen LogP contribution in [0.25, 0.3) is 0 Å². The van der Waals surface area contributed by atoms with Gasteiger partial charge in [0.05, 0.1) is 0 Å². The summed E-state index contributed by atoms with van der Waals surface area (Å²) in [6.07, 6.45) is 2.68. The maximum absolute atomic E-state index is 5.57. The van der Waals surface area contributed by atoms with E-state index < -0.39 is 0 Å². The van der Waals surface area contributed by atoms with Gasteiger partial charge in [0.2, 0.25) is 0 Å². The highest BCUT2D eigenvalue weighted by atomic mass is 14.9. The molecule has 2 rings (SSSR count). The molecule has 0 bridgehead atoms. The third-order valence-corrected chi connectivity index (χ3v) is 2.15. The first-order valence-electron chi connectivity index (χ1n) is 4.42. The molecule has 2 heteroatoms. The molecule has 1 aromatic rings. The van der Waals surface area contributed by atoms with Crippen molar-refractivity contribution >= 4 is 5.69 Å². The molecule has 1 aliphatic carbocycles. The number of nitrogen functional groups attached to an aromatic ring is 1. The van der Waals surface area contributed by atoms with Gasteiger partial charge in [-0.1, -0.05) is 12.1 Å². The number of benzene rings is 1. The quantitative estimate of drug-likeness (QED) is 0.661. The fourth-order valence-corrected chi connectivity index (χ4v) is 1.19. The van der Waals surface area contributed by atoms with E-state index in [-0.39, 0.29) is 0 Å². The highest BCUT2D eigenvalue weighted by molar-refractivity contribution is 5.39. The van der Waals surface area contributed by atoms with Crippen LogP contribution in [0.3, 0.4) is 0 Å². The number of hydrogen-bond acceptors (Lipinski definition) is 2. The zero-order valence-electron chi connectivity index (χ0n) is 7.09. The minimum Gasteiger partial charge on any atom is -0.399 e. The van der Waals surface area contributed by atoms with Crippen molar-refractivity contribution in [2.75, 3.05) is 5.73 Å². The van der Waals surface area contributed by atoms with Crippen LogP contribution in [0, 0.1) is 0 Å². The molecule has 0 heterocycles. The molecule has 0 unspecified atom stereocenters. The molecule has 1 saturated carbocycles. The molecule has 2 nitrogen and oxygen atoms in total. The summed E-state index contributed by atoms with van der Waals surface area (Å²) >= 11 is 0. The van der Waals surface area contributed by atoms with Crippen LogP contribution < -0.4 is 11.1 Å². The lowest BCUT2D eigenvalue weighted by atomic mass is 10.2. The third kappa shape index (κ3) is 1.98. The molecule has 1 aliphatic rings. The fourth-order valence-electron chi connectivity index (χ4n) is 1.19. The van der Waals surface area contributed by atoms with Crippen LogP contribution in [0.2, 0.25) is 0 Å². The summed E-state index contributed by atoms with van der Waals surface area (Å²) in [7, 11) is 0. The number of anilines is 1. The summed E-state index contributed by atoms with van der Waals surface area (Å²) in [5, 5.41) is 3.45. The SMILES string of the molecule is Nc1ccc(CNC2CC2)cc1. The van der Waals surface area contributed by atoms with Crippen molar-refractivity contribution in [3.05, 3.63) is 29.8 Å². The van der Waals surface area contributed by atoms with E-state index in [9.17, 15) is 0 Å². The second kappa shape index (κ2) is 3.15. The standard InChI is InChI=1S/C10H14N2/c11-9-3-1-8(2-4-9)7-12-10-5-6-10/h1-4,10,12H,5-7,11H2. The second-order valence-electron chi connectivity index (χ2n) is 3.40. The van der Waals surface area contributed by atoms with Crippen LogP contribution in [0.4, 0.5) is 5.69 Å². The molecule has 0 saturated heterocycles. The summed E-state index contributed by atoms with van der Waals surface area (Å²) in [6, 6.07) is 8.83. The lowest BCUT2D eigenvalue weighted by Crippen LogP contribution is -2.15. The van der Waals surface area contributed by atoms with Gasteiger partial charge in [-0.15, -0.1) is 0 Å². The largest absolute Gasteiger partial charge is 0.399 e. The van der Waals surface area contributed by atoms with Crippen LogP contribution in [0.5, 0.6) is 0 Å². The van der Waals surface area contributed by atoms with Crippen molar-refractivity contribution in [1.82, 2.24) is 5.32 Å². The summed E-state index contributed by atoms with van der Waals surface area (Å²) in [4.78, 5) is 0. The molecule has 0 amide bonds. The second-order valence-corrected chi connectivity index (χ2v) is 3.40. The molecule has 12 heavy (non-hydrogen) atoms. The maximum atomic E-state index is 5.57. The number of hydrogen-bond donors (Lipinski definition) is 2. The van der Waals surface area contributed by atoms with Gasteiger partial charge in [-0.05, 0) is 30.5 Å². The van der Waals surface area contributed by atoms with Gasteiger partial charge in [-0.2, -0.15) is 0 Å². The van der Waals surface area contributed by atoms with Gasteiger partial charge >= 0.3 is 0 Å². The Bertz CT molecular complexity index is 249. The highest BCUT2D eigenvalue weighted by Crippen LogP contribution is 2.19. The first-order valence-corrected chi connectivity index (χ1v) is 4.42. The summed E-state index contributed by atoms with van der Waals surface area (Å²) in [5.74, 6) is 0. The molecular formula is C10H14N2. The van der Waals surface area contributed by atoms with Gasteiger partial charge in [-0.25, -0.2) is 0 Å². The molecule has 0 aromatic heterocycles. The summed E-state index contributed by atoms with van der Waals surface area (Å²) in [5.41, 5.74) is 7.73. The maximum Gasteiger partial charge on any atom is 0.0314 e. The molecule has 0 atom stereocenters. The van der Waals surface area contributed by atoms with Crippen molar-refractivity contribution < 1.29 is 0 Å². The predicted molar refractivity (Wildman–Crippen MR) is 50.7 cm³/mol. The van der Waals surface area contributed by atoms with Crippen LogP contribution >= 0.6 is 0 Å². The molecule has 1 aromatic carbocycles. The Morgan fingerprint density at radius 2 is 1.92 bits per heavy atom. The Hall–Kier alpha value is -1.02. The molecule has 0 spiro atoms. The van der Waals surface area contributed by atoms with Crippen molar-refractivity contribution in [1.29, 1.82) is 0 Å². The van der Waals surface area contributed by atoms with Crippen molar-refractivity contribution in [3.8, 4) is 0 Å². The van der Waals surface area contributed by atoms with Crippen LogP contribution in [0.15, 0.2) is 24.3 Å². The zero-order chi connectivity index (χ0) is 8.39. The van der Waals surface area contributed by atoms with Crippen LogP contribution in [-0.4, -0.2) is 6.04 Å². The number of rotatable bonds is 3. The fraction of sp³-hybridized carbons (Fsp3) is 0.400. The number of nitrogens with one attached hydrogen (secondary N) is 1. The Kier molecular flexibility index (Phi) is 2.00. The van der Waals surface area contributed by atoms with Gasteiger partial charge in [0.1, 0.15) is 0 Å². The highest BCUT2D eigenvalue weighted by Gasteiger charge is 2.19. The normalized spacial score (nSPS) is 16.3. The van der Waals surface area contributed by atoms with Crippen molar-refractivity contribution in [2.45, 2.75) is 25.4 Å². The van der Waals surface area contributed by atoms with E-state index in [4.69, 9.17) is 5.73 Å². The topological polar surface area (TPSA) is 38.0 Å². The molecule has 64 valence electrons. The lowest BCUT2D eigenvalue weighted by molar-refractivity contribution is 0.688. The van der Waals surface area contributed by atoms with E-state index in [1.54, 1.807) is 0 Å². The number of nitrogens with two attached hydrogens (primary N) is 1. The van der Waals surface area contributed by atoms with Crippen molar-refractivity contribution in [3.63, 3.8) is 0 Å². The van der Waals surface area contributed by atoms with Gasteiger partial charge in [0.15, 0.2) is 0 Å². The molecule has 1 fully saturated rings. The van der Waals surface area contributed by atoms with Crippen LogP contribution in [0.1, 0.15) is 18.4 Å². The average Bonchev–Trinajstić information content (AvgIpc) is 2.87. The van der Waals surface area contributed by atoms with E-state index in [2.05, 4.69) is 17.4 Å². The third-order valence-electron chi connectivity index (χ3n) is 2.15. The van der Waals surface area contributed by atoms with Gasteiger partial charge in [-0.3, -0.25) is 0 Å². The average molecular weight is 162 g/mol. The first-order chi connectivity index (χ1) is 5.84. The minimum atomic E-state index is 0.780. The van der Waals surface area contributed by atoms with Gasteiger partial charge in [0.25, 0.3) is 0 Å². The summed E-state index contributed by atoms with van der Waals surface area (Å²) < 4.78 is 0. The molecular weight excluding hydrogens is 148 g/mol. The molecule has 0 radical (unpaired) electrons. The minimum absolute atomic E-state index is 0.780. The lowest BCUT2D eigenvalue weighted by Gasteiger charge is -2.02. The van der Waals surface area contributed by atoms with Crippen LogP contribution in [-0.2, 0) is 6.54 Å². The Morgan fingerprint density at radius 1 is 1.25 bits per heavy atom. The monoisotopic (exact) mass is 162 g/mol. The molecule has 3 N–H and O–H groups in total. The summed E-state index contributed by atoms with van der Waals surface area (Å²) in [6.45, 7) is 0.977. The van der Waals surface area contributed by atoms with Gasteiger partial charge < -0.3 is 11.1 Å². The zero-order valence-corrected chi connectivity index (χ0v) is 7.09. The Balaban J connectivity index is 1.89. The first kappa shape index (κ1) is 7.62. The van der Waals surface area contributed by atoms with Gasteiger partial charge in [0, 0.05) is 18.3 Å². The predicted octanol–water partition coefficient (Wildman–Crippen LogP) is 1.52. The van der Waals surface area contributed by atoms with E-state index >= 15 is 0 Å². The Labute approximate surface area is 72.8 Å². The smallest absolute Gasteiger partial charge is 0.0314 e. The van der Waals surface area contributed by atoms with E-state index in [0.717, 1.165) is 18.3 Å². The van der Waals surface area contributed by atoms with E-state index in [1.165, 1.54) is 18.4 Å². The Morgan fingerprint density at radius 3 is 2.50 bits per heavy atom. The van der Waals surface area contributed by atoms with E-state index in [1.807, 2.05) is 12.1 Å².